The Kier molecular flexibility index (Phi) is 2.73. The van der Waals surface area contributed by atoms with Crippen molar-refractivity contribution in [1.82, 2.24) is 4.98 Å². The zero-order chi connectivity index (χ0) is 10.8. The van der Waals surface area contributed by atoms with Crippen LogP contribution in [-0.2, 0) is 0 Å². The van der Waals surface area contributed by atoms with Crippen LogP contribution < -0.4 is 5.73 Å². The van der Waals surface area contributed by atoms with E-state index in [4.69, 9.17) is 5.73 Å². The summed E-state index contributed by atoms with van der Waals surface area (Å²) in [5.74, 6) is 0.520. The Morgan fingerprint density at radius 2 is 2.00 bits per heavy atom. The summed E-state index contributed by atoms with van der Waals surface area (Å²) in [6, 6.07) is 10.3. The van der Waals surface area contributed by atoms with E-state index in [0.29, 0.717) is 5.82 Å². The second kappa shape index (κ2) is 4.03. The smallest absolute Gasteiger partial charge is 0.137 e. The second-order valence-electron chi connectivity index (χ2n) is 3.46. The standard InChI is InChI=1S/C12H11BrN2/c1-8-3-2-4-9(5-8)10-6-11(13)12(14)15-7-10/h2-7H,1H3,(H2,14,15). The van der Waals surface area contributed by atoms with Crippen molar-refractivity contribution < 1.29 is 0 Å². The highest BCUT2D eigenvalue weighted by Gasteiger charge is 2.01. The van der Waals surface area contributed by atoms with Crippen LogP contribution in [0.1, 0.15) is 5.56 Å². The number of benzene rings is 1. The largest absolute Gasteiger partial charge is 0.383 e. The van der Waals surface area contributed by atoms with Crippen LogP contribution in [0.3, 0.4) is 0 Å². The molecular weight excluding hydrogens is 252 g/mol. The third kappa shape index (κ3) is 2.18. The molecule has 0 fully saturated rings. The Morgan fingerprint density at radius 1 is 1.20 bits per heavy atom. The van der Waals surface area contributed by atoms with E-state index in [1.165, 1.54) is 5.56 Å². The third-order valence-corrected chi connectivity index (χ3v) is 2.86. The van der Waals surface area contributed by atoms with Crippen LogP contribution in [-0.4, -0.2) is 4.98 Å². The molecule has 0 atom stereocenters. The molecule has 0 amide bonds. The zero-order valence-corrected chi connectivity index (χ0v) is 9.95. The molecule has 2 N–H and O–H groups in total. The second-order valence-corrected chi connectivity index (χ2v) is 4.31. The minimum Gasteiger partial charge on any atom is -0.383 e. The molecule has 0 aliphatic carbocycles. The summed E-state index contributed by atoms with van der Waals surface area (Å²) in [4.78, 5) is 4.12. The van der Waals surface area contributed by atoms with Crippen molar-refractivity contribution in [1.29, 1.82) is 0 Å². The van der Waals surface area contributed by atoms with Gasteiger partial charge in [-0.3, -0.25) is 0 Å². The van der Waals surface area contributed by atoms with Crippen LogP contribution in [0.5, 0.6) is 0 Å². The molecule has 2 rings (SSSR count). The van der Waals surface area contributed by atoms with Gasteiger partial charge in [0.1, 0.15) is 5.82 Å². The van der Waals surface area contributed by atoms with Gasteiger partial charge in [0.25, 0.3) is 0 Å². The quantitative estimate of drug-likeness (QED) is 0.856. The molecule has 0 saturated carbocycles. The topological polar surface area (TPSA) is 38.9 Å². The van der Waals surface area contributed by atoms with Crippen LogP contribution in [0.4, 0.5) is 5.82 Å². The Labute approximate surface area is 97.3 Å². The SMILES string of the molecule is Cc1cccc(-c2cnc(N)c(Br)c2)c1. The van der Waals surface area contributed by atoms with E-state index in [-0.39, 0.29) is 0 Å². The lowest BCUT2D eigenvalue weighted by Gasteiger charge is -2.04. The number of nitrogens with two attached hydrogens (primary N) is 1. The maximum absolute atomic E-state index is 5.64. The number of aryl methyl sites for hydroxylation is 1. The first-order valence-electron chi connectivity index (χ1n) is 4.65. The summed E-state index contributed by atoms with van der Waals surface area (Å²) in [6.45, 7) is 2.07. The Bertz CT molecular complexity index is 495. The molecule has 2 nitrogen and oxygen atoms in total. The van der Waals surface area contributed by atoms with Crippen molar-refractivity contribution in [2.75, 3.05) is 5.73 Å². The molecule has 0 bridgehead atoms. The Morgan fingerprint density at radius 3 is 2.67 bits per heavy atom. The van der Waals surface area contributed by atoms with Gasteiger partial charge in [0.2, 0.25) is 0 Å². The summed E-state index contributed by atoms with van der Waals surface area (Å²) < 4.78 is 0.835. The van der Waals surface area contributed by atoms with Gasteiger partial charge in [-0.15, -0.1) is 0 Å². The normalized spacial score (nSPS) is 10.3. The fourth-order valence-electron chi connectivity index (χ4n) is 1.43. The van der Waals surface area contributed by atoms with Crippen molar-refractivity contribution in [3.8, 4) is 11.1 Å². The van der Waals surface area contributed by atoms with E-state index in [1.54, 1.807) is 6.20 Å². The Balaban J connectivity index is 2.50. The van der Waals surface area contributed by atoms with Crippen LogP contribution in [0.15, 0.2) is 41.0 Å². The fraction of sp³-hybridized carbons (Fsp3) is 0.0833. The first kappa shape index (κ1) is 10.2. The van der Waals surface area contributed by atoms with E-state index in [9.17, 15) is 0 Å². The molecule has 76 valence electrons. The van der Waals surface area contributed by atoms with Gasteiger partial charge in [0, 0.05) is 11.8 Å². The molecular formula is C12H11BrN2. The minimum absolute atomic E-state index is 0.520. The first-order valence-corrected chi connectivity index (χ1v) is 5.44. The summed E-state index contributed by atoms with van der Waals surface area (Å²) in [7, 11) is 0. The maximum atomic E-state index is 5.64. The number of aromatic nitrogens is 1. The van der Waals surface area contributed by atoms with E-state index >= 15 is 0 Å². The van der Waals surface area contributed by atoms with Crippen molar-refractivity contribution in [3.05, 3.63) is 46.6 Å². The molecule has 1 aromatic carbocycles. The van der Waals surface area contributed by atoms with E-state index in [2.05, 4.69) is 46.0 Å². The van der Waals surface area contributed by atoms with Gasteiger partial charge in [0.05, 0.1) is 4.47 Å². The highest BCUT2D eigenvalue weighted by Crippen LogP contribution is 2.25. The zero-order valence-electron chi connectivity index (χ0n) is 8.37. The molecule has 1 aromatic heterocycles. The highest BCUT2D eigenvalue weighted by atomic mass is 79.9. The number of nitrogens with zero attached hydrogens (tertiary/aromatic N) is 1. The number of hydrogen-bond donors (Lipinski definition) is 1. The molecule has 0 aliphatic heterocycles. The van der Waals surface area contributed by atoms with Crippen LogP contribution in [0.25, 0.3) is 11.1 Å². The first-order chi connectivity index (χ1) is 7.16. The number of pyridine rings is 1. The molecule has 0 aliphatic rings. The van der Waals surface area contributed by atoms with E-state index < -0.39 is 0 Å². The molecule has 15 heavy (non-hydrogen) atoms. The summed E-state index contributed by atoms with van der Waals surface area (Å²) >= 11 is 3.37. The minimum atomic E-state index is 0.520. The van der Waals surface area contributed by atoms with Gasteiger partial charge in [-0.1, -0.05) is 29.8 Å². The van der Waals surface area contributed by atoms with Crippen molar-refractivity contribution in [3.63, 3.8) is 0 Å². The summed E-state index contributed by atoms with van der Waals surface area (Å²) in [6.07, 6.45) is 1.79. The molecule has 0 saturated heterocycles. The number of nitrogen functional groups attached to an aromatic ring is 1. The monoisotopic (exact) mass is 262 g/mol. The van der Waals surface area contributed by atoms with Gasteiger partial charge < -0.3 is 5.73 Å². The van der Waals surface area contributed by atoms with Gasteiger partial charge in [-0.05, 0) is 34.5 Å². The van der Waals surface area contributed by atoms with Crippen LogP contribution in [0.2, 0.25) is 0 Å². The van der Waals surface area contributed by atoms with Crippen molar-refractivity contribution in [2.24, 2.45) is 0 Å². The van der Waals surface area contributed by atoms with Gasteiger partial charge in [0.15, 0.2) is 0 Å². The van der Waals surface area contributed by atoms with Crippen molar-refractivity contribution in [2.45, 2.75) is 6.92 Å². The molecule has 3 heteroatoms. The summed E-state index contributed by atoms with van der Waals surface area (Å²) in [5.41, 5.74) is 9.10. The fourth-order valence-corrected chi connectivity index (χ4v) is 1.78. The van der Waals surface area contributed by atoms with E-state index in [1.807, 2.05) is 12.1 Å². The number of rotatable bonds is 1. The van der Waals surface area contributed by atoms with Crippen molar-refractivity contribution >= 4 is 21.7 Å². The lowest BCUT2D eigenvalue weighted by molar-refractivity contribution is 1.32. The maximum Gasteiger partial charge on any atom is 0.137 e. The predicted octanol–water partition coefficient (Wildman–Crippen LogP) is 3.40. The van der Waals surface area contributed by atoms with Gasteiger partial charge in [-0.2, -0.15) is 0 Å². The highest BCUT2D eigenvalue weighted by molar-refractivity contribution is 9.10. The molecule has 1 heterocycles. The van der Waals surface area contributed by atoms with Crippen LogP contribution >= 0.6 is 15.9 Å². The number of hydrogen-bond acceptors (Lipinski definition) is 2. The molecule has 0 spiro atoms. The lowest BCUT2D eigenvalue weighted by atomic mass is 10.1. The predicted molar refractivity (Wildman–Crippen MR) is 66.5 cm³/mol. The molecule has 0 radical (unpaired) electrons. The lowest BCUT2D eigenvalue weighted by Crippen LogP contribution is -1.91. The van der Waals surface area contributed by atoms with Crippen LogP contribution in [0, 0.1) is 6.92 Å². The number of anilines is 1. The summed E-state index contributed by atoms with van der Waals surface area (Å²) in [5, 5.41) is 0. The average Bonchev–Trinajstić information content (AvgIpc) is 2.22. The van der Waals surface area contributed by atoms with Gasteiger partial charge in [-0.25, -0.2) is 4.98 Å². The average molecular weight is 263 g/mol. The van der Waals surface area contributed by atoms with E-state index in [0.717, 1.165) is 15.6 Å². The number of halogens is 1. The van der Waals surface area contributed by atoms with Gasteiger partial charge >= 0.3 is 0 Å². The molecule has 0 unspecified atom stereocenters. The molecule has 2 aromatic rings. The Hall–Kier alpha value is -1.35. The third-order valence-electron chi connectivity index (χ3n) is 2.22.